The van der Waals surface area contributed by atoms with Gasteiger partial charge in [0, 0.05) is 5.92 Å². The summed E-state index contributed by atoms with van der Waals surface area (Å²) in [6.07, 6.45) is 8.82. The Hall–Kier alpha value is -0.590. The molecule has 5 atom stereocenters. The second-order valence-electron chi connectivity index (χ2n) is 6.01. The Morgan fingerprint density at radius 2 is 2.12 bits per heavy atom. The average molecular weight is 220 g/mol. The number of aldehydes is 1. The van der Waals surface area contributed by atoms with E-state index < -0.39 is 0 Å². The van der Waals surface area contributed by atoms with Gasteiger partial charge in [-0.05, 0) is 49.9 Å². The summed E-state index contributed by atoms with van der Waals surface area (Å²) < 4.78 is 0. The summed E-state index contributed by atoms with van der Waals surface area (Å²) in [4.78, 5) is 11.0. The van der Waals surface area contributed by atoms with Crippen LogP contribution < -0.4 is 0 Å². The van der Waals surface area contributed by atoms with Crippen LogP contribution in [-0.2, 0) is 4.79 Å². The van der Waals surface area contributed by atoms with Crippen molar-refractivity contribution >= 4 is 6.29 Å². The lowest BCUT2D eigenvalue weighted by atomic mass is 9.60. The lowest BCUT2D eigenvalue weighted by molar-refractivity contribution is -0.113. The SMILES string of the molecule is CC1=C[C@H]2[C@@H](CC1)[C@H](C)CC[C@H]2[C@@H](C)C=O. The molecule has 0 aromatic carbocycles. The molecule has 1 nitrogen and oxygen atoms in total. The van der Waals surface area contributed by atoms with Gasteiger partial charge >= 0.3 is 0 Å². The quantitative estimate of drug-likeness (QED) is 0.510. The molecule has 0 N–H and O–H groups in total. The molecule has 0 saturated heterocycles. The van der Waals surface area contributed by atoms with Crippen LogP contribution in [0.5, 0.6) is 0 Å². The van der Waals surface area contributed by atoms with Crippen LogP contribution >= 0.6 is 0 Å². The van der Waals surface area contributed by atoms with Crippen molar-refractivity contribution in [3.63, 3.8) is 0 Å². The molecular weight excluding hydrogens is 196 g/mol. The van der Waals surface area contributed by atoms with Gasteiger partial charge < -0.3 is 4.79 Å². The Bertz CT molecular complexity index is 292. The van der Waals surface area contributed by atoms with E-state index in [4.69, 9.17) is 0 Å². The molecule has 90 valence electrons. The fraction of sp³-hybridized carbons (Fsp3) is 0.800. The fourth-order valence-electron chi connectivity index (χ4n) is 3.80. The molecule has 0 radical (unpaired) electrons. The van der Waals surface area contributed by atoms with Crippen LogP contribution in [0.15, 0.2) is 11.6 Å². The topological polar surface area (TPSA) is 17.1 Å². The molecule has 0 amide bonds. The molecule has 0 aliphatic heterocycles. The van der Waals surface area contributed by atoms with E-state index in [1.54, 1.807) is 5.57 Å². The molecule has 2 aliphatic carbocycles. The fourth-order valence-corrected chi connectivity index (χ4v) is 3.80. The maximum absolute atomic E-state index is 11.0. The maximum atomic E-state index is 11.0. The Balaban J connectivity index is 2.21. The van der Waals surface area contributed by atoms with Gasteiger partial charge in [0.2, 0.25) is 0 Å². The molecule has 0 aromatic heterocycles. The molecule has 1 heteroatoms. The van der Waals surface area contributed by atoms with Crippen molar-refractivity contribution in [3.8, 4) is 0 Å². The van der Waals surface area contributed by atoms with E-state index in [0.717, 1.165) is 18.1 Å². The molecule has 16 heavy (non-hydrogen) atoms. The maximum Gasteiger partial charge on any atom is 0.123 e. The first-order chi connectivity index (χ1) is 7.63. The highest BCUT2D eigenvalue weighted by molar-refractivity contribution is 5.53. The Morgan fingerprint density at radius 1 is 1.38 bits per heavy atom. The number of hydrogen-bond acceptors (Lipinski definition) is 1. The summed E-state index contributed by atoms with van der Waals surface area (Å²) in [5.41, 5.74) is 1.54. The number of carbonyl (C=O) groups is 1. The van der Waals surface area contributed by atoms with Gasteiger partial charge in [0.05, 0.1) is 0 Å². The van der Waals surface area contributed by atoms with Crippen molar-refractivity contribution in [2.45, 2.75) is 46.5 Å². The van der Waals surface area contributed by atoms with E-state index in [1.807, 2.05) is 0 Å². The van der Waals surface area contributed by atoms with Crippen molar-refractivity contribution < 1.29 is 4.79 Å². The Labute approximate surface area is 99.3 Å². The molecule has 0 unspecified atom stereocenters. The van der Waals surface area contributed by atoms with E-state index in [9.17, 15) is 4.79 Å². The third kappa shape index (κ3) is 2.09. The first-order valence-corrected chi connectivity index (χ1v) is 6.76. The molecular formula is C15H24O. The number of carbonyl (C=O) groups excluding carboxylic acids is 1. The Kier molecular flexibility index (Phi) is 3.51. The molecule has 2 rings (SSSR count). The van der Waals surface area contributed by atoms with Crippen LogP contribution in [0.1, 0.15) is 46.5 Å². The van der Waals surface area contributed by atoms with E-state index in [-0.39, 0.29) is 5.92 Å². The third-order valence-corrected chi connectivity index (χ3v) is 4.91. The molecule has 0 heterocycles. The van der Waals surface area contributed by atoms with E-state index >= 15 is 0 Å². The lowest BCUT2D eigenvalue weighted by Crippen LogP contribution is -2.37. The van der Waals surface area contributed by atoms with Crippen LogP contribution in [0.4, 0.5) is 0 Å². The van der Waals surface area contributed by atoms with Gasteiger partial charge in [-0.25, -0.2) is 0 Å². The van der Waals surface area contributed by atoms with E-state index in [2.05, 4.69) is 26.8 Å². The molecule has 0 spiro atoms. The van der Waals surface area contributed by atoms with Crippen molar-refractivity contribution in [2.24, 2.45) is 29.6 Å². The van der Waals surface area contributed by atoms with Crippen molar-refractivity contribution in [1.29, 1.82) is 0 Å². The molecule has 0 aromatic rings. The molecule has 1 fully saturated rings. The lowest BCUT2D eigenvalue weighted by Gasteiger charge is -2.44. The van der Waals surface area contributed by atoms with Crippen LogP contribution in [0, 0.1) is 29.6 Å². The Morgan fingerprint density at radius 3 is 2.81 bits per heavy atom. The zero-order chi connectivity index (χ0) is 11.7. The zero-order valence-electron chi connectivity index (χ0n) is 10.8. The van der Waals surface area contributed by atoms with Crippen molar-refractivity contribution in [2.75, 3.05) is 0 Å². The minimum absolute atomic E-state index is 0.238. The first kappa shape index (κ1) is 11.9. The minimum atomic E-state index is 0.238. The highest BCUT2D eigenvalue weighted by Crippen LogP contribution is 2.47. The second kappa shape index (κ2) is 4.73. The normalized spacial score (nSPS) is 40.8. The van der Waals surface area contributed by atoms with Gasteiger partial charge in [-0.2, -0.15) is 0 Å². The largest absolute Gasteiger partial charge is 0.303 e. The number of hydrogen-bond donors (Lipinski definition) is 0. The molecule has 1 saturated carbocycles. The van der Waals surface area contributed by atoms with Crippen molar-refractivity contribution in [1.82, 2.24) is 0 Å². The number of allylic oxidation sites excluding steroid dienone is 2. The second-order valence-corrected chi connectivity index (χ2v) is 6.01. The summed E-state index contributed by atoms with van der Waals surface area (Å²) in [6, 6.07) is 0. The van der Waals surface area contributed by atoms with E-state index in [0.29, 0.717) is 11.8 Å². The van der Waals surface area contributed by atoms with Gasteiger partial charge in [-0.1, -0.05) is 31.9 Å². The molecule has 2 aliphatic rings. The predicted octanol–water partition coefficient (Wildman–Crippen LogP) is 3.84. The van der Waals surface area contributed by atoms with E-state index in [1.165, 1.54) is 25.7 Å². The smallest absolute Gasteiger partial charge is 0.123 e. The van der Waals surface area contributed by atoms with Crippen LogP contribution in [0.25, 0.3) is 0 Å². The van der Waals surface area contributed by atoms with Crippen LogP contribution in [0.2, 0.25) is 0 Å². The third-order valence-electron chi connectivity index (χ3n) is 4.91. The van der Waals surface area contributed by atoms with Gasteiger partial charge in [0.1, 0.15) is 6.29 Å². The minimum Gasteiger partial charge on any atom is -0.303 e. The number of rotatable bonds is 2. The zero-order valence-corrected chi connectivity index (χ0v) is 10.8. The predicted molar refractivity (Wildman–Crippen MR) is 67.1 cm³/mol. The summed E-state index contributed by atoms with van der Waals surface area (Å²) in [6.45, 7) is 6.74. The highest BCUT2D eigenvalue weighted by Gasteiger charge is 2.39. The van der Waals surface area contributed by atoms with Crippen LogP contribution in [-0.4, -0.2) is 6.29 Å². The van der Waals surface area contributed by atoms with Gasteiger partial charge in [0.15, 0.2) is 0 Å². The van der Waals surface area contributed by atoms with Crippen LogP contribution in [0.3, 0.4) is 0 Å². The number of fused-ring (bicyclic) bond motifs is 1. The summed E-state index contributed by atoms with van der Waals surface area (Å²) in [7, 11) is 0. The van der Waals surface area contributed by atoms with Gasteiger partial charge in [-0.3, -0.25) is 0 Å². The monoisotopic (exact) mass is 220 g/mol. The van der Waals surface area contributed by atoms with Gasteiger partial charge in [-0.15, -0.1) is 0 Å². The summed E-state index contributed by atoms with van der Waals surface area (Å²) in [5, 5.41) is 0. The highest BCUT2D eigenvalue weighted by atomic mass is 16.1. The molecule has 0 bridgehead atoms. The first-order valence-electron chi connectivity index (χ1n) is 6.76. The summed E-state index contributed by atoms with van der Waals surface area (Å²) >= 11 is 0. The summed E-state index contributed by atoms with van der Waals surface area (Å²) in [5.74, 6) is 3.21. The average Bonchev–Trinajstić information content (AvgIpc) is 2.28. The van der Waals surface area contributed by atoms with Gasteiger partial charge in [0.25, 0.3) is 0 Å². The van der Waals surface area contributed by atoms with Crippen molar-refractivity contribution in [3.05, 3.63) is 11.6 Å². The standard InChI is InChI=1S/C15H24O/c1-10-4-6-13-11(2)5-7-14(12(3)9-16)15(13)8-10/h8-9,11-15H,4-7H2,1-3H3/t11-,12+,13+,14+,15+/m1/s1.